The van der Waals surface area contributed by atoms with Crippen molar-refractivity contribution in [3.05, 3.63) is 0 Å². The maximum atomic E-state index is 13.8. The highest BCUT2D eigenvalue weighted by atomic mass is 79.9. The summed E-state index contributed by atoms with van der Waals surface area (Å²) in [4.78, 5) is 38.0. The molecular formula is C23H32Br2O5. The predicted octanol–water partition coefficient (Wildman–Crippen LogP) is 4.35. The summed E-state index contributed by atoms with van der Waals surface area (Å²) in [6.45, 7) is 5.65. The van der Waals surface area contributed by atoms with E-state index < -0.39 is 15.3 Å². The molecule has 4 aliphatic carbocycles. The van der Waals surface area contributed by atoms with Crippen molar-refractivity contribution in [2.75, 3.05) is 5.33 Å². The number of rotatable bonds is 3. The van der Waals surface area contributed by atoms with E-state index in [9.17, 15) is 19.5 Å². The Balaban J connectivity index is 1.68. The number of ketones is 2. The Bertz CT molecular complexity index is 786. The molecule has 0 aromatic rings. The summed E-state index contributed by atoms with van der Waals surface area (Å²) >= 11 is 7.26. The molecule has 0 bridgehead atoms. The Morgan fingerprint density at radius 3 is 2.43 bits per heavy atom. The van der Waals surface area contributed by atoms with E-state index in [0.717, 1.165) is 38.5 Å². The number of fused-ring (bicyclic) bond motifs is 5. The highest BCUT2D eigenvalue weighted by molar-refractivity contribution is 9.10. The Morgan fingerprint density at radius 2 is 1.80 bits per heavy atom. The molecule has 8 atom stereocenters. The largest absolute Gasteiger partial charge is 0.463 e. The first-order chi connectivity index (χ1) is 13.9. The van der Waals surface area contributed by atoms with Crippen LogP contribution in [0.1, 0.15) is 72.1 Å². The number of alkyl halides is 2. The van der Waals surface area contributed by atoms with Crippen molar-refractivity contribution in [2.24, 2.45) is 28.6 Å². The molecule has 0 spiro atoms. The zero-order chi connectivity index (χ0) is 22.1. The van der Waals surface area contributed by atoms with Crippen LogP contribution in [-0.4, -0.2) is 44.0 Å². The van der Waals surface area contributed by atoms with E-state index in [1.807, 2.05) is 6.92 Å². The van der Waals surface area contributed by atoms with Crippen LogP contribution in [0, 0.1) is 28.6 Å². The van der Waals surface area contributed by atoms with Crippen molar-refractivity contribution in [3.63, 3.8) is 0 Å². The lowest BCUT2D eigenvalue weighted by Crippen LogP contribution is -2.69. The quantitative estimate of drug-likeness (QED) is 0.419. The summed E-state index contributed by atoms with van der Waals surface area (Å²) in [6, 6.07) is 0. The van der Waals surface area contributed by atoms with Crippen molar-refractivity contribution < 1.29 is 24.2 Å². The number of carbonyl (C=O) groups excluding carboxylic acids is 3. The van der Waals surface area contributed by atoms with Crippen molar-refractivity contribution in [2.45, 2.75) is 88.2 Å². The van der Waals surface area contributed by atoms with Gasteiger partial charge in [0.15, 0.2) is 11.6 Å². The number of aliphatic hydroxyl groups is 1. The van der Waals surface area contributed by atoms with Gasteiger partial charge in [-0.25, -0.2) is 0 Å². The van der Waals surface area contributed by atoms with Crippen molar-refractivity contribution in [3.8, 4) is 0 Å². The van der Waals surface area contributed by atoms with Gasteiger partial charge in [-0.3, -0.25) is 14.4 Å². The minimum Gasteiger partial charge on any atom is -0.463 e. The molecule has 5 nitrogen and oxygen atoms in total. The fourth-order valence-electron chi connectivity index (χ4n) is 7.85. The average Bonchev–Trinajstić information content (AvgIpc) is 2.94. The molecule has 4 fully saturated rings. The van der Waals surface area contributed by atoms with E-state index in [1.54, 1.807) is 0 Å². The van der Waals surface area contributed by atoms with Crippen LogP contribution in [0.15, 0.2) is 0 Å². The third-order valence-corrected chi connectivity index (χ3v) is 12.0. The van der Waals surface area contributed by atoms with Gasteiger partial charge in [0.2, 0.25) is 0 Å². The zero-order valence-electron chi connectivity index (χ0n) is 18.0. The molecule has 0 heterocycles. The monoisotopic (exact) mass is 546 g/mol. The summed E-state index contributed by atoms with van der Waals surface area (Å²) in [5.41, 5.74) is -2.37. The fourth-order valence-corrected chi connectivity index (χ4v) is 9.53. The lowest BCUT2D eigenvalue weighted by Gasteiger charge is -2.64. The third kappa shape index (κ3) is 2.83. The summed E-state index contributed by atoms with van der Waals surface area (Å²) in [5.74, 6) is 0.233. The molecule has 4 rings (SSSR count). The Morgan fingerprint density at radius 1 is 1.10 bits per heavy atom. The topological polar surface area (TPSA) is 80.7 Å². The highest BCUT2D eigenvalue weighted by Crippen LogP contribution is 2.71. The highest BCUT2D eigenvalue weighted by Gasteiger charge is 2.73. The van der Waals surface area contributed by atoms with Gasteiger partial charge in [-0.2, -0.15) is 0 Å². The fraction of sp³-hybridized carbons (Fsp3) is 0.870. The average molecular weight is 548 g/mol. The molecule has 0 aliphatic heterocycles. The molecular weight excluding hydrogens is 516 g/mol. The first-order valence-corrected chi connectivity index (χ1v) is 13.1. The van der Waals surface area contributed by atoms with E-state index in [1.165, 1.54) is 6.92 Å². The number of hydrogen-bond acceptors (Lipinski definition) is 5. The second-order valence-corrected chi connectivity index (χ2v) is 12.4. The van der Waals surface area contributed by atoms with Gasteiger partial charge < -0.3 is 9.84 Å². The Hall–Kier alpha value is -0.270. The van der Waals surface area contributed by atoms with Gasteiger partial charge in [-0.05, 0) is 68.1 Å². The number of halogens is 2. The maximum absolute atomic E-state index is 13.8. The minimum atomic E-state index is -1.43. The van der Waals surface area contributed by atoms with Gasteiger partial charge in [0.25, 0.3) is 0 Å². The Kier molecular flexibility index (Phi) is 5.63. The van der Waals surface area contributed by atoms with Gasteiger partial charge in [-0.15, -0.1) is 0 Å². The van der Waals surface area contributed by atoms with E-state index in [-0.39, 0.29) is 52.6 Å². The molecule has 0 saturated heterocycles. The molecule has 1 N–H and O–H groups in total. The Labute approximate surface area is 195 Å². The molecule has 0 radical (unpaired) electrons. The van der Waals surface area contributed by atoms with Gasteiger partial charge in [0.1, 0.15) is 11.7 Å². The SMILES string of the molecule is CC(=O)O[C@@H]1CC[C@]2(C)[C@@H](CC[C@@H]3[C@H]4CC[C@](O)(C(=O)CBr)[C@]4(C)CC(=O)[C@@]32Br)C1. The summed E-state index contributed by atoms with van der Waals surface area (Å²) in [5, 5.41) is 11.5. The van der Waals surface area contributed by atoms with E-state index in [4.69, 9.17) is 4.74 Å². The van der Waals surface area contributed by atoms with Crippen LogP contribution in [0.3, 0.4) is 0 Å². The molecule has 30 heavy (non-hydrogen) atoms. The molecule has 4 saturated carbocycles. The zero-order valence-corrected chi connectivity index (χ0v) is 21.2. The van der Waals surface area contributed by atoms with Crippen LogP contribution in [0.4, 0.5) is 0 Å². The molecule has 7 heteroatoms. The van der Waals surface area contributed by atoms with E-state index in [2.05, 4.69) is 38.8 Å². The number of carbonyl (C=O) groups is 3. The van der Waals surface area contributed by atoms with E-state index >= 15 is 0 Å². The molecule has 4 aliphatic rings. The molecule has 0 amide bonds. The van der Waals surface area contributed by atoms with Crippen LogP contribution in [0.25, 0.3) is 0 Å². The van der Waals surface area contributed by atoms with Crippen LogP contribution in [0.2, 0.25) is 0 Å². The second-order valence-electron chi connectivity index (χ2n) is 10.6. The smallest absolute Gasteiger partial charge is 0.302 e. The predicted molar refractivity (Wildman–Crippen MR) is 120 cm³/mol. The van der Waals surface area contributed by atoms with Gasteiger partial charge in [0, 0.05) is 18.8 Å². The number of esters is 1. The van der Waals surface area contributed by atoms with Gasteiger partial charge >= 0.3 is 5.97 Å². The maximum Gasteiger partial charge on any atom is 0.302 e. The van der Waals surface area contributed by atoms with Gasteiger partial charge in [-0.1, -0.05) is 45.7 Å². The molecule has 168 valence electrons. The molecule has 0 unspecified atom stereocenters. The van der Waals surface area contributed by atoms with Crippen molar-refractivity contribution in [1.82, 2.24) is 0 Å². The van der Waals surface area contributed by atoms with Crippen molar-refractivity contribution >= 4 is 49.4 Å². The van der Waals surface area contributed by atoms with Crippen molar-refractivity contribution in [1.29, 1.82) is 0 Å². The summed E-state index contributed by atoms with van der Waals surface area (Å²) < 4.78 is 4.88. The second kappa shape index (κ2) is 7.38. The molecule has 0 aromatic heterocycles. The van der Waals surface area contributed by atoms with Crippen LogP contribution in [-0.2, 0) is 19.1 Å². The number of hydrogen-bond donors (Lipinski definition) is 1. The molecule has 0 aromatic carbocycles. The van der Waals surface area contributed by atoms with Crippen LogP contribution >= 0.6 is 31.9 Å². The van der Waals surface area contributed by atoms with Crippen LogP contribution < -0.4 is 0 Å². The lowest BCUT2D eigenvalue weighted by atomic mass is 9.43. The van der Waals surface area contributed by atoms with Crippen LogP contribution in [0.5, 0.6) is 0 Å². The minimum absolute atomic E-state index is 0.0645. The standard InChI is InChI=1S/C23H32Br2O5/c1-13(26)30-15-6-8-20(2)14(10-15)4-5-17-16-7-9-22(29,19(28)12-24)21(16,3)11-18(27)23(17,20)25/h14-17,29H,4-12H2,1-3H3/t14-,15+,16+,17+,20+,21+,22-,23-/m0/s1. The normalized spacial score (nSPS) is 50.3. The number of ether oxygens (including phenoxy) is 1. The first kappa shape index (κ1) is 22.9. The lowest BCUT2D eigenvalue weighted by molar-refractivity contribution is -0.174. The first-order valence-electron chi connectivity index (χ1n) is 11.1. The van der Waals surface area contributed by atoms with Gasteiger partial charge in [0.05, 0.1) is 9.65 Å². The van der Waals surface area contributed by atoms with E-state index in [0.29, 0.717) is 12.3 Å². The summed E-state index contributed by atoms with van der Waals surface area (Å²) in [6.07, 6.45) is 5.64. The number of Topliss-reactive ketones (excluding diaryl/α,β-unsaturated/α-hetero) is 2. The third-order valence-electron chi connectivity index (χ3n) is 9.52. The summed E-state index contributed by atoms with van der Waals surface area (Å²) in [7, 11) is 0.